The smallest absolute Gasteiger partial charge is 0.222 e. The van der Waals surface area contributed by atoms with Crippen molar-refractivity contribution >= 4 is 18.3 Å². The number of rotatable bonds is 7. The van der Waals surface area contributed by atoms with Crippen LogP contribution in [0.3, 0.4) is 0 Å². The molecule has 1 saturated heterocycles. The highest BCUT2D eigenvalue weighted by Gasteiger charge is 2.19. The summed E-state index contributed by atoms with van der Waals surface area (Å²) in [5, 5.41) is 4.54. The number of hydrogen-bond donors (Lipinski definition) is 0. The molecule has 0 radical (unpaired) electrons. The molecule has 1 fully saturated rings. The van der Waals surface area contributed by atoms with E-state index in [9.17, 15) is 4.79 Å². The molecule has 1 aliphatic rings. The molecule has 3 rings (SSSR count). The van der Waals surface area contributed by atoms with E-state index in [0.29, 0.717) is 6.42 Å². The van der Waals surface area contributed by atoms with Crippen LogP contribution in [0.15, 0.2) is 30.3 Å². The van der Waals surface area contributed by atoms with Gasteiger partial charge in [-0.15, -0.1) is 12.4 Å². The van der Waals surface area contributed by atoms with Crippen molar-refractivity contribution < 1.29 is 9.53 Å². The maximum Gasteiger partial charge on any atom is 0.222 e. The van der Waals surface area contributed by atoms with E-state index in [1.165, 1.54) is 11.3 Å². The molecule has 0 spiro atoms. The molecular formula is C22H33ClN4O2. The summed E-state index contributed by atoms with van der Waals surface area (Å²) in [5.41, 5.74) is 3.46. The van der Waals surface area contributed by atoms with Gasteiger partial charge in [0, 0.05) is 38.3 Å². The molecule has 1 aliphatic heterocycles. The molecule has 1 amide bonds. The number of halogens is 1. The average molecular weight is 421 g/mol. The van der Waals surface area contributed by atoms with Gasteiger partial charge in [-0.3, -0.25) is 14.4 Å². The first-order chi connectivity index (χ1) is 13.5. The molecule has 6 nitrogen and oxygen atoms in total. The Morgan fingerprint density at radius 3 is 2.48 bits per heavy atom. The van der Waals surface area contributed by atoms with Gasteiger partial charge in [-0.2, -0.15) is 5.10 Å². The largest absolute Gasteiger partial charge is 0.497 e. The van der Waals surface area contributed by atoms with E-state index in [2.05, 4.69) is 27.7 Å². The number of carbonyl (C=O) groups excluding carboxylic acids is 1. The summed E-state index contributed by atoms with van der Waals surface area (Å²) in [6, 6.07) is 10.1. The molecule has 0 unspecified atom stereocenters. The Labute approximate surface area is 180 Å². The second-order valence-corrected chi connectivity index (χ2v) is 7.57. The molecule has 0 saturated carbocycles. The molecule has 2 heterocycles. The monoisotopic (exact) mass is 420 g/mol. The number of carbonyl (C=O) groups is 1. The number of benzene rings is 1. The van der Waals surface area contributed by atoms with Gasteiger partial charge in [-0.1, -0.05) is 12.1 Å². The molecule has 2 aromatic rings. The van der Waals surface area contributed by atoms with Crippen molar-refractivity contribution in [3.05, 3.63) is 47.3 Å². The Hall–Kier alpha value is -2.05. The summed E-state index contributed by atoms with van der Waals surface area (Å²) < 4.78 is 7.27. The van der Waals surface area contributed by atoms with Crippen LogP contribution in [0.2, 0.25) is 0 Å². The number of methoxy groups -OCH3 is 1. The highest BCUT2D eigenvalue weighted by molar-refractivity contribution is 5.85. The Morgan fingerprint density at radius 2 is 1.83 bits per heavy atom. The number of amides is 1. The molecule has 0 aliphatic carbocycles. The number of hydrogen-bond acceptors (Lipinski definition) is 4. The van der Waals surface area contributed by atoms with E-state index in [0.717, 1.165) is 63.6 Å². The fraction of sp³-hybridized carbons (Fsp3) is 0.545. The zero-order chi connectivity index (χ0) is 19.9. The van der Waals surface area contributed by atoms with Gasteiger partial charge >= 0.3 is 0 Å². The maximum absolute atomic E-state index is 12.6. The van der Waals surface area contributed by atoms with Crippen molar-refractivity contribution in [2.75, 3.05) is 39.8 Å². The van der Waals surface area contributed by atoms with E-state index < -0.39 is 0 Å². The van der Waals surface area contributed by atoms with E-state index in [1.54, 1.807) is 7.11 Å². The van der Waals surface area contributed by atoms with Gasteiger partial charge in [-0.25, -0.2) is 0 Å². The lowest BCUT2D eigenvalue weighted by atomic mass is 10.1. The fourth-order valence-corrected chi connectivity index (χ4v) is 3.78. The maximum atomic E-state index is 12.6. The number of aryl methyl sites for hydroxylation is 3. The Bertz CT molecular complexity index is 776. The summed E-state index contributed by atoms with van der Waals surface area (Å²) in [7, 11) is 1.67. The zero-order valence-corrected chi connectivity index (χ0v) is 18.6. The van der Waals surface area contributed by atoms with Crippen LogP contribution in [0.1, 0.15) is 29.8 Å². The lowest BCUT2D eigenvalue weighted by Gasteiger charge is -2.22. The highest BCUT2D eigenvalue weighted by Crippen LogP contribution is 2.14. The third-order valence-electron chi connectivity index (χ3n) is 5.46. The molecule has 160 valence electrons. The van der Waals surface area contributed by atoms with Crippen LogP contribution in [-0.4, -0.2) is 65.3 Å². The number of aromatic nitrogens is 2. The molecular weight excluding hydrogens is 388 g/mol. The van der Waals surface area contributed by atoms with Crippen molar-refractivity contribution in [3.8, 4) is 5.75 Å². The van der Waals surface area contributed by atoms with E-state index in [-0.39, 0.29) is 18.3 Å². The van der Waals surface area contributed by atoms with E-state index in [4.69, 9.17) is 4.74 Å². The lowest BCUT2D eigenvalue weighted by Crippen LogP contribution is -2.36. The molecule has 1 aromatic heterocycles. The summed E-state index contributed by atoms with van der Waals surface area (Å²) in [6.07, 6.45) is 2.38. The quantitative estimate of drug-likeness (QED) is 0.690. The van der Waals surface area contributed by atoms with E-state index in [1.807, 2.05) is 36.1 Å². The van der Waals surface area contributed by atoms with Crippen molar-refractivity contribution in [2.24, 2.45) is 0 Å². The lowest BCUT2D eigenvalue weighted by molar-refractivity contribution is -0.131. The second-order valence-electron chi connectivity index (χ2n) is 7.57. The summed E-state index contributed by atoms with van der Waals surface area (Å²) in [5.74, 6) is 1.11. The van der Waals surface area contributed by atoms with Gasteiger partial charge in [0.25, 0.3) is 0 Å². The van der Waals surface area contributed by atoms with Crippen LogP contribution in [0, 0.1) is 13.8 Å². The first-order valence-electron chi connectivity index (χ1n) is 10.2. The van der Waals surface area contributed by atoms with Crippen LogP contribution in [-0.2, 0) is 17.8 Å². The minimum atomic E-state index is 0. The van der Waals surface area contributed by atoms with Crippen LogP contribution in [0.25, 0.3) is 0 Å². The second kappa shape index (κ2) is 11.2. The SMILES string of the molecule is COc1ccc(CCC(=O)N2CCCN(CCn3nc(C)cc3C)CC2)cc1.Cl. The zero-order valence-electron chi connectivity index (χ0n) is 17.8. The van der Waals surface area contributed by atoms with Gasteiger partial charge in [0.2, 0.25) is 5.91 Å². The van der Waals surface area contributed by atoms with Crippen molar-refractivity contribution in [3.63, 3.8) is 0 Å². The van der Waals surface area contributed by atoms with Crippen molar-refractivity contribution in [2.45, 2.75) is 39.7 Å². The molecule has 0 N–H and O–H groups in total. The predicted octanol–water partition coefficient (Wildman–Crippen LogP) is 3.10. The van der Waals surface area contributed by atoms with Crippen molar-refractivity contribution in [1.29, 1.82) is 0 Å². The van der Waals surface area contributed by atoms with Crippen molar-refractivity contribution in [1.82, 2.24) is 19.6 Å². The Balaban J connectivity index is 0.00000300. The minimum Gasteiger partial charge on any atom is -0.497 e. The van der Waals surface area contributed by atoms with Crippen LogP contribution < -0.4 is 4.74 Å². The first kappa shape index (κ1) is 23.2. The van der Waals surface area contributed by atoms with Gasteiger partial charge < -0.3 is 9.64 Å². The standard InChI is InChI=1S/C22H32N4O2.ClH/c1-18-17-19(2)26(23-18)16-14-24-11-4-12-25(15-13-24)22(27)10-7-20-5-8-21(28-3)9-6-20;/h5-6,8-9,17H,4,7,10-16H2,1-3H3;1H. The number of nitrogens with zero attached hydrogens (tertiary/aromatic N) is 4. The molecule has 0 bridgehead atoms. The highest BCUT2D eigenvalue weighted by atomic mass is 35.5. The van der Waals surface area contributed by atoms with Crippen LogP contribution in [0.4, 0.5) is 0 Å². The summed E-state index contributed by atoms with van der Waals surface area (Å²) in [4.78, 5) is 17.1. The predicted molar refractivity (Wildman–Crippen MR) is 118 cm³/mol. The third kappa shape index (κ3) is 6.75. The third-order valence-corrected chi connectivity index (χ3v) is 5.46. The first-order valence-corrected chi connectivity index (χ1v) is 10.2. The molecule has 1 aromatic carbocycles. The van der Waals surface area contributed by atoms with Crippen LogP contribution in [0.5, 0.6) is 5.75 Å². The summed E-state index contributed by atoms with van der Waals surface area (Å²) in [6.45, 7) is 9.68. The van der Waals surface area contributed by atoms with E-state index >= 15 is 0 Å². The fourth-order valence-electron chi connectivity index (χ4n) is 3.78. The normalized spacial score (nSPS) is 14.9. The molecule has 0 atom stereocenters. The van der Waals surface area contributed by atoms with Gasteiger partial charge in [0.15, 0.2) is 0 Å². The van der Waals surface area contributed by atoms with Gasteiger partial charge in [0.1, 0.15) is 5.75 Å². The van der Waals surface area contributed by atoms with Crippen LogP contribution >= 0.6 is 12.4 Å². The summed E-state index contributed by atoms with van der Waals surface area (Å²) >= 11 is 0. The van der Waals surface area contributed by atoms with Gasteiger partial charge in [-0.05, 0) is 57.0 Å². The Morgan fingerprint density at radius 1 is 1.07 bits per heavy atom. The Kier molecular flexibility index (Phi) is 8.99. The molecule has 7 heteroatoms. The van der Waals surface area contributed by atoms with Gasteiger partial charge in [0.05, 0.1) is 19.3 Å². The topological polar surface area (TPSA) is 50.6 Å². The minimum absolute atomic E-state index is 0. The molecule has 29 heavy (non-hydrogen) atoms. The average Bonchev–Trinajstić information content (AvgIpc) is 2.89. The number of ether oxygens (including phenoxy) is 1.